The second kappa shape index (κ2) is 5.08. The van der Waals surface area contributed by atoms with Crippen molar-refractivity contribution in [1.82, 2.24) is 4.90 Å². The highest BCUT2D eigenvalue weighted by molar-refractivity contribution is 5.86. The highest BCUT2D eigenvalue weighted by Crippen LogP contribution is 2.40. The van der Waals surface area contributed by atoms with Gasteiger partial charge in [0.25, 0.3) is 0 Å². The third kappa shape index (κ3) is 2.18. The molecule has 0 aromatic heterocycles. The van der Waals surface area contributed by atoms with Gasteiger partial charge < -0.3 is 4.90 Å². The molecule has 3 heteroatoms. The molecule has 0 spiro atoms. The quantitative estimate of drug-likeness (QED) is 0.737. The molecule has 0 radical (unpaired) electrons. The number of rotatable bonds is 2. The lowest BCUT2D eigenvalue weighted by atomic mass is 9.84. The predicted molar refractivity (Wildman–Crippen MR) is 66.2 cm³/mol. The van der Waals surface area contributed by atoms with E-state index in [9.17, 15) is 10.1 Å². The summed E-state index contributed by atoms with van der Waals surface area (Å²) in [5.41, 5.74) is -0.676. The fourth-order valence-corrected chi connectivity index (χ4v) is 3.32. The number of nitrogens with zero attached hydrogens (tertiary/aromatic N) is 2. The van der Waals surface area contributed by atoms with Crippen molar-refractivity contribution in [3.8, 4) is 6.07 Å². The molecule has 1 saturated carbocycles. The Balaban J connectivity index is 2.15. The summed E-state index contributed by atoms with van der Waals surface area (Å²) in [6, 6.07) is 2.70. The molecule has 1 saturated heterocycles. The molecule has 0 N–H and O–H groups in total. The van der Waals surface area contributed by atoms with Crippen LogP contribution in [0.1, 0.15) is 58.3 Å². The van der Waals surface area contributed by atoms with Gasteiger partial charge >= 0.3 is 0 Å². The van der Waals surface area contributed by atoms with Gasteiger partial charge in [0.15, 0.2) is 0 Å². The van der Waals surface area contributed by atoms with Crippen molar-refractivity contribution >= 4 is 5.91 Å². The smallest absolute Gasteiger partial charge is 0.243 e. The summed E-state index contributed by atoms with van der Waals surface area (Å²) in [4.78, 5) is 14.6. The van der Waals surface area contributed by atoms with Crippen LogP contribution in [0, 0.1) is 16.7 Å². The van der Waals surface area contributed by atoms with Crippen molar-refractivity contribution in [3.05, 3.63) is 0 Å². The van der Waals surface area contributed by atoms with Gasteiger partial charge in [0.1, 0.15) is 5.41 Å². The van der Waals surface area contributed by atoms with Crippen LogP contribution in [0.5, 0.6) is 0 Å². The normalized spacial score (nSPS) is 27.8. The molecule has 0 aromatic rings. The van der Waals surface area contributed by atoms with Gasteiger partial charge in [0.2, 0.25) is 5.91 Å². The lowest BCUT2D eigenvalue weighted by molar-refractivity contribution is -0.142. The van der Waals surface area contributed by atoms with E-state index in [0.29, 0.717) is 6.04 Å². The van der Waals surface area contributed by atoms with Crippen LogP contribution in [0.25, 0.3) is 0 Å². The highest BCUT2D eigenvalue weighted by atomic mass is 16.2. The zero-order valence-electron chi connectivity index (χ0n) is 10.7. The van der Waals surface area contributed by atoms with Crippen molar-refractivity contribution in [2.75, 3.05) is 6.54 Å². The summed E-state index contributed by atoms with van der Waals surface area (Å²) in [7, 11) is 0. The van der Waals surface area contributed by atoms with Gasteiger partial charge in [-0.3, -0.25) is 4.79 Å². The highest BCUT2D eigenvalue weighted by Gasteiger charge is 2.45. The van der Waals surface area contributed by atoms with E-state index in [1.165, 1.54) is 6.42 Å². The Kier molecular flexibility index (Phi) is 3.71. The molecule has 1 atom stereocenters. The number of amides is 1. The molecule has 1 unspecified atom stereocenters. The number of hydrogen-bond donors (Lipinski definition) is 0. The van der Waals surface area contributed by atoms with Crippen LogP contribution >= 0.6 is 0 Å². The van der Waals surface area contributed by atoms with E-state index in [2.05, 4.69) is 13.0 Å². The first-order valence-corrected chi connectivity index (χ1v) is 6.96. The number of nitriles is 1. The average molecular weight is 234 g/mol. The van der Waals surface area contributed by atoms with Gasteiger partial charge in [-0.1, -0.05) is 19.8 Å². The minimum atomic E-state index is -0.676. The van der Waals surface area contributed by atoms with Crippen LogP contribution in [0.3, 0.4) is 0 Å². The first-order valence-electron chi connectivity index (χ1n) is 6.96. The summed E-state index contributed by atoms with van der Waals surface area (Å²) < 4.78 is 0. The van der Waals surface area contributed by atoms with E-state index in [4.69, 9.17) is 0 Å². The van der Waals surface area contributed by atoms with Gasteiger partial charge in [-0.2, -0.15) is 5.26 Å². The SMILES string of the molecule is CCC1CCCCN1C(=O)C1(C#N)CCCC1. The Morgan fingerprint density at radius 3 is 2.65 bits per heavy atom. The summed E-state index contributed by atoms with van der Waals surface area (Å²) >= 11 is 0. The third-order valence-corrected chi connectivity index (χ3v) is 4.44. The monoisotopic (exact) mass is 234 g/mol. The number of piperidine rings is 1. The summed E-state index contributed by atoms with van der Waals surface area (Å²) in [5.74, 6) is 0.129. The Labute approximate surface area is 104 Å². The molecule has 1 amide bonds. The average Bonchev–Trinajstić information content (AvgIpc) is 2.88. The molecule has 3 nitrogen and oxygen atoms in total. The summed E-state index contributed by atoms with van der Waals surface area (Å²) in [6.45, 7) is 3.00. The van der Waals surface area contributed by atoms with Crippen LogP contribution in [0.4, 0.5) is 0 Å². The maximum atomic E-state index is 12.6. The molecule has 1 heterocycles. The standard InChI is InChI=1S/C14H22N2O/c1-2-12-7-3-6-10-16(12)13(17)14(11-15)8-4-5-9-14/h12H,2-10H2,1H3. The molecule has 94 valence electrons. The van der Waals surface area contributed by atoms with Crippen LogP contribution in [-0.4, -0.2) is 23.4 Å². The molecule has 17 heavy (non-hydrogen) atoms. The Morgan fingerprint density at radius 2 is 2.06 bits per heavy atom. The molecule has 1 aliphatic carbocycles. The fourth-order valence-electron chi connectivity index (χ4n) is 3.32. The molecule has 1 aliphatic heterocycles. The second-order valence-electron chi connectivity index (χ2n) is 5.46. The molecule has 2 rings (SSSR count). The Hall–Kier alpha value is -1.04. The predicted octanol–water partition coefficient (Wildman–Crippen LogP) is 2.86. The largest absolute Gasteiger partial charge is 0.338 e. The summed E-state index contributed by atoms with van der Waals surface area (Å²) in [6.07, 6.45) is 8.07. The van der Waals surface area contributed by atoms with Gasteiger partial charge in [-0.15, -0.1) is 0 Å². The zero-order valence-corrected chi connectivity index (χ0v) is 10.7. The van der Waals surface area contributed by atoms with Gasteiger partial charge in [0, 0.05) is 12.6 Å². The molecular formula is C14H22N2O. The minimum absolute atomic E-state index is 0.129. The van der Waals surface area contributed by atoms with Crippen molar-refractivity contribution < 1.29 is 4.79 Å². The van der Waals surface area contributed by atoms with Crippen LogP contribution < -0.4 is 0 Å². The Morgan fingerprint density at radius 1 is 1.35 bits per heavy atom. The summed E-state index contributed by atoms with van der Waals surface area (Å²) in [5, 5.41) is 9.38. The van der Waals surface area contributed by atoms with Crippen molar-refractivity contribution in [1.29, 1.82) is 5.26 Å². The van der Waals surface area contributed by atoms with Crippen LogP contribution in [0.15, 0.2) is 0 Å². The van der Waals surface area contributed by atoms with E-state index in [1.54, 1.807) is 0 Å². The van der Waals surface area contributed by atoms with Crippen LogP contribution in [0.2, 0.25) is 0 Å². The Bertz CT molecular complexity index is 326. The van der Waals surface area contributed by atoms with Gasteiger partial charge in [0.05, 0.1) is 6.07 Å². The van der Waals surface area contributed by atoms with Crippen molar-refractivity contribution in [2.45, 2.75) is 64.3 Å². The van der Waals surface area contributed by atoms with E-state index < -0.39 is 5.41 Å². The van der Waals surface area contributed by atoms with E-state index in [1.807, 2.05) is 4.90 Å². The molecule has 0 aromatic carbocycles. The first kappa shape index (κ1) is 12.4. The van der Waals surface area contributed by atoms with Gasteiger partial charge in [-0.25, -0.2) is 0 Å². The second-order valence-corrected chi connectivity index (χ2v) is 5.46. The van der Waals surface area contributed by atoms with Crippen molar-refractivity contribution in [2.24, 2.45) is 5.41 Å². The van der Waals surface area contributed by atoms with Gasteiger partial charge in [-0.05, 0) is 38.5 Å². The van der Waals surface area contributed by atoms with Crippen LogP contribution in [-0.2, 0) is 4.79 Å². The number of carbonyl (C=O) groups excluding carboxylic acids is 1. The van der Waals surface area contributed by atoms with E-state index >= 15 is 0 Å². The molecular weight excluding hydrogens is 212 g/mol. The van der Waals surface area contributed by atoms with Crippen molar-refractivity contribution in [3.63, 3.8) is 0 Å². The molecule has 2 aliphatic rings. The number of likely N-dealkylation sites (tertiary alicyclic amines) is 1. The third-order valence-electron chi connectivity index (χ3n) is 4.44. The number of carbonyl (C=O) groups is 1. The lowest BCUT2D eigenvalue weighted by Gasteiger charge is -2.39. The topological polar surface area (TPSA) is 44.1 Å². The maximum absolute atomic E-state index is 12.6. The molecule has 0 bridgehead atoms. The fraction of sp³-hybridized carbons (Fsp3) is 0.857. The first-order chi connectivity index (χ1) is 8.23. The zero-order chi connectivity index (χ0) is 12.3. The van der Waals surface area contributed by atoms with E-state index in [-0.39, 0.29) is 5.91 Å². The maximum Gasteiger partial charge on any atom is 0.243 e. The lowest BCUT2D eigenvalue weighted by Crippen LogP contribution is -2.49. The number of hydrogen-bond acceptors (Lipinski definition) is 2. The van der Waals surface area contributed by atoms with E-state index in [0.717, 1.165) is 51.5 Å². The minimum Gasteiger partial charge on any atom is -0.338 e. The molecule has 2 fully saturated rings.